The molecule has 0 aliphatic rings. The van der Waals surface area contributed by atoms with E-state index in [2.05, 4.69) is 4.98 Å². The van der Waals surface area contributed by atoms with E-state index in [4.69, 9.17) is 0 Å². The van der Waals surface area contributed by atoms with Crippen LogP contribution in [-0.4, -0.2) is 38.8 Å². The number of nitrogens with one attached hydrogen (secondary N) is 1. The van der Waals surface area contributed by atoms with Crippen molar-refractivity contribution in [1.82, 2.24) is 14.9 Å². The third kappa shape index (κ3) is 4.86. The first-order valence-electron chi connectivity index (χ1n) is 11.0. The predicted molar refractivity (Wildman–Crippen MR) is 126 cm³/mol. The van der Waals surface area contributed by atoms with Gasteiger partial charge in [-0.25, -0.2) is 9.78 Å². The molecule has 9 heteroatoms. The van der Waals surface area contributed by atoms with Gasteiger partial charge in [-0.1, -0.05) is 91.0 Å². The lowest BCUT2D eigenvalue weighted by molar-refractivity contribution is -0.175. The number of alkyl halides is 3. The highest BCUT2D eigenvalue weighted by atomic mass is 19.4. The van der Waals surface area contributed by atoms with Gasteiger partial charge >= 0.3 is 18.1 Å². The van der Waals surface area contributed by atoms with Gasteiger partial charge in [-0.3, -0.25) is 4.79 Å². The maximum absolute atomic E-state index is 12.7. The van der Waals surface area contributed by atoms with E-state index < -0.39 is 36.1 Å². The minimum atomic E-state index is -5.20. The summed E-state index contributed by atoms with van der Waals surface area (Å²) in [6, 6.07) is 27.1. The van der Waals surface area contributed by atoms with E-state index in [1.165, 1.54) is 11.6 Å². The zero-order valence-electron chi connectivity index (χ0n) is 18.9. The summed E-state index contributed by atoms with van der Waals surface area (Å²) in [6.07, 6.45) is -2.51. The Kier molecular flexibility index (Phi) is 6.91. The molecular weight excluding hydrogens is 471 g/mol. The Labute approximate surface area is 205 Å². The fourth-order valence-electron chi connectivity index (χ4n) is 4.29. The number of carboxylic acid groups (broad SMARTS) is 1. The van der Waals surface area contributed by atoms with Crippen LogP contribution in [0.25, 0.3) is 0 Å². The largest absolute Gasteiger partial charge is 0.480 e. The molecule has 4 aromatic rings. The van der Waals surface area contributed by atoms with Gasteiger partial charge in [-0.05, 0) is 16.7 Å². The lowest BCUT2D eigenvalue weighted by atomic mass is 9.77. The molecule has 6 nitrogen and oxygen atoms in total. The highest BCUT2D eigenvalue weighted by Crippen LogP contribution is 2.40. The van der Waals surface area contributed by atoms with Gasteiger partial charge in [0.2, 0.25) is 0 Å². The number of hydrogen-bond donors (Lipinski definition) is 2. The molecule has 1 atom stereocenters. The fraction of sp³-hybridized carbons (Fsp3) is 0.148. The second-order valence-corrected chi connectivity index (χ2v) is 8.15. The zero-order valence-corrected chi connectivity index (χ0v) is 18.9. The summed E-state index contributed by atoms with van der Waals surface area (Å²) in [6.45, 7) is 0. The first-order chi connectivity index (χ1) is 17.2. The Morgan fingerprint density at radius 1 is 0.833 bits per heavy atom. The number of aromatic nitrogens is 2. The van der Waals surface area contributed by atoms with Crippen LogP contribution in [0.15, 0.2) is 104 Å². The number of carbonyl (C=O) groups is 2. The summed E-state index contributed by atoms with van der Waals surface area (Å²) in [4.78, 5) is 27.3. The monoisotopic (exact) mass is 493 g/mol. The molecule has 1 aromatic heterocycles. The molecule has 0 saturated heterocycles. The molecule has 0 fully saturated rings. The van der Waals surface area contributed by atoms with E-state index >= 15 is 0 Å². The third-order valence-corrected chi connectivity index (χ3v) is 5.87. The lowest BCUT2D eigenvalue weighted by Crippen LogP contribution is -2.47. The topological polar surface area (TPSA) is 84.2 Å². The Morgan fingerprint density at radius 2 is 1.28 bits per heavy atom. The number of imidazole rings is 1. The summed E-state index contributed by atoms with van der Waals surface area (Å²) in [5.41, 5.74) is 1.98. The summed E-state index contributed by atoms with van der Waals surface area (Å²) in [5.74, 6) is -3.91. The van der Waals surface area contributed by atoms with Crippen molar-refractivity contribution in [2.75, 3.05) is 0 Å². The Hall–Kier alpha value is -4.40. The molecular formula is C27H22F3N3O3. The smallest absolute Gasteiger partial charge is 0.471 e. The van der Waals surface area contributed by atoms with Crippen molar-refractivity contribution < 1.29 is 27.9 Å². The van der Waals surface area contributed by atoms with Crippen molar-refractivity contribution in [2.45, 2.75) is 24.2 Å². The number of rotatable bonds is 8. The average Bonchev–Trinajstić information content (AvgIpc) is 3.34. The summed E-state index contributed by atoms with van der Waals surface area (Å²) < 4.78 is 39.9. The first-order valence-corrected chi connectivity index (χ1v) is 11.0. The quantitative estimate of drug-likeness (QED) is 0.357. The van der Waals surface area contributed by atoms with Crippen LogP contribution in [0.2, 0.25) is 0 Å². The van der Waals surface area contributed by atoms with Crippen molar-refractivity contribution in [2.24, 2.45) is 0 Å². The average molecular weight is 493 g/mol. The fourth-order valence-corrected chi connectivity index (χ4v) is 4.29. The van der Waals surface area contributed by atoms with E-state index in [-0.39, 0.29) is 5.69 Å². The standard InChI is InChI=1S/C27H22F3N3O3/c28-27(29,30)25(36)32-23(24(34)35)16-22-17-33(18-31-22)26(19-10-4-1-5-11-19,20-12-6-2-7-13-20)21-14-8-3-9-15-21/h1-15,17-18,23H,16H2,(H,32,36)(H,34,35)/t23-/m1/s1. The van der Waals surface area contributed by atoms with E-state index in [0.29, 0.717) is 0 Å². The molecule has 1 heterocycles. The highest BCUT2D eigenvalue weighted by Gasteiger charge is 2.41. The van der Waals surface area contributed by atoms with Gasteiger partial charge in [-0.2, -0.15) is 13.2 Å². The van der Waals surface area contributed by atoms with E-state index in [0.717, 1.165) is 16.7 Å². The normalized spacial score (nSPS) is 12.6. The van der Waals surface area contributed by atoms with Crippen LogP contribution in [0, 0.1) is 0 Å². The molecule has 4 rings (SSSR count). The minimum absolute atomic E-state index is 0.206. The van der Waals surface area contributed by atoms with Crippen molar-refractivity contribution in [3.63, 3.8) is 0 Å². The third-order valence-electron chi connectivity index (χ3n) is 5.87. The van der Waals surface area contributed by atoms with Gasteiger partial charge < -0.3 is 15.0 Å². The molecule has 184 valence electrons. The number of hydrogen-bond acceptors (Lipinski definition) is 3. The number of amides is 1. The number of carbonyl (C=O) groups excluding carboxylic acids is 1. The molecule has 0 aliphatic heterocycles. The van der Waals surface area contributed by atoms with Crippen LogP contribution in [0.3, 0.4) is 0 Å². The molecule has 0 aliphatic carbocycles. The van der Waals surface area contributed by atoms with Crippen LogP contribution >= 0.6 is 0 Å². The second kappa shape index (κ2) is 10.1. The van der Waals surface area contributed by atoms with Gasteiger partial charge in [0, 0.05) is 12.6 Å². The molecule has 36 heavy (non-hydrogen) atoms. The maximum atomic E-state index is 12.7. The second-order valence-electron chi connectivity index (χ2n) is 8.15. The minimum Gasteiger partial charge on any atom is -0.480 e. The van der Waals surface area contributed by atoms with Crippen LogP contribution in [0.1, 0.15) is 22.4 Å². The molecule has 1 amide bonds. The van der Waals surface area contributed by atoms with Crippen LogP contribution < -0.4 is 5.32 Å². The summed E-state index contributed by atoms with van der Waals surface area (Å²) in [7, 11) is 0. The summed E-state index contributed by atoms with van der Waals surface area (Å²) in [5, 5.41) is 11.0. The zero-order chi connectivity index (χ0) is 25.8. The van der Waals surface area contributed by atoms with Gasteiger partial charge in [0.1, 0.15) is 11.6 Å². The SMILES string of the molecule is O=C(O)[C@@H](Cc1cn(C(c2ccccc2)(c2ccccc2)c2ccccc2)cn1)NC(=O)C(F)(F)F. The molecule has 0 unspecified atom stereocenters. The predicted octanol–water partition coefficient (Wildman–Crippen LogP) is 4.40. The van der Waals surface area contributed by atoms with Crippen molar-refractivity contribution in [3.8, 4) is 0 Å². The molecule has 0 spiro atoms. The Balaban J connectivity index is 1.83. The molecule has 2 N–H and O–H groups in total. The number of benzene rings is 3. The Morgan fingerprint density at radius 3 is 1.67 bits per heavy atom. The maximum Gasteiger partial charge on any atom is 0.471 e. The number of aliphatic carboxylic acids is 1. The van der Waals surface area contributed by atoms with Gasteiger partial charge in [0.25, 0.3) is 0 Å². The molecule has 3 aromatic carbocycles. The number of carboxylic acids is 1. The molecule has 0 radical (unpaired) electrons. The molecule has 0 saturated carbocycles. The van der Waals surface area contributed by atoms with E-state index in [1.807, 2.05) is 95.6 Å². The van der Waals surface area contributed by atoms with Crippen LogP contribution in [-0.2, 0) is 21.5 Å². The van der Waals surface area contributed by atoms with E-state index in [9.17, 15) is 27.9 Å². The molecule has 0 bridgehead atoms. The lowest BCUT2D eigenvalue weighted by Gasteiger charge is -2.37. The first kappa shape index (κ1) is 24.7. The van der Waals surface area contributed by atoms with Crippen molar-refractivity contribution >= 4 is 11.9 Å². The van der Waals surface area contributed by atoms with E-state index in [1.54, 1.807) is 6.20 Å². The van der Waals surface area contributed by atoms with Gasteiger partial charge in [0.15, 0.2) is 0 Å². The highest BCUT2D eigenvalue weighted by molar-refractivity contribution is 5.87. The summed E-state index contributed by atoms with van der Waals surface area (Å²) >= 11 is 0. The van der Waals surface area contributed by atoms with Gasteiger partial charge in [-0.15, -0.1) is 0 Å². The number of nitrogens with zero attached hydrogens (tertiary/aromatic N) is 2. The van der Waals surface area contributed by atoms with Gasteiger partial charge in [0.05, 0.1) is 12.0 Å². The Bertz CT molecular complexity index is 1230. The van der Waals surface area contributed by atoms with Crippen LogP contribution in [0.5, 0.6) is 0 Å². The number of halogens is 3. The van der Waals surface area contributed by atoms with Crippen molar-refractivity contribution in [1.29, 1.82) is 0 Å². The van der Waals surface area contributed by atoms with Crippen LogP contribution in [0.4, 0.5) is 13.2 Å². The van der Waals surface area contributed by atoms with Crippen molar-refractivity contribution in [3.05, 3.63) is 126 Å².